The predicted molar refractivity (Wildman–Crippen MR) is 138 cm³/mol. The van der Waals surface area contributed by atoms with Crippen molar-refractivity contribution in [3.05, 3.63) is 70.2 Å². The average Bonchev–Trinajstić information content (AvgIpc) is 3.26. The van der Waals surface area contributed by atoms with Gasteiger partial charge in [-0.1, -0.05) is 18.2 Å². The number of hydrogen-bond donors (Lipinski definition) is 1. The van der Waals surface area contributed by atoms with Crippen LogP contribution in [0.25, 0.3) is 0 Å². The highest BCUT2D eigenvalue weighted by atomic mass is 32.1. The number of anilines is 2. The molecule has 2 amide bonds. The Labute approximate surface area is 214 Å². The fraction of sp³-hybridized carbons (Fsp3) is 0.333. The fourth-order valence-electron chi connectivity index (χ4n) is 4.21. The Kier molecular flexibility index (Phi) is 8.18. The van der Waals surface area contributed by atoms with Gasteiger partial charge < -0.3 is 14.8 Å². The third kappa shape index (κ3) is 6.01. The monoisotopic (exact) mass is 504 g/mol. The van der Waals surface area contributed by atoms with E-state index in [0.717, 1.165) is 28.2 Å². The van der Waals surface area contributed by atoms with Crippen LogP contribution in [-0.4, -0.2) is 37.7 Å². The minimum atomic E-state index is -0.452. The Bertz CT molecular complexity index is 1270. The SMILES string of the molecule is COc1cccc(CCC(=O)Nc2sc3c(c2C#N)CCC(COC(=O)N(C)c2ccccn2)C3)c1. The van der Waals surface area contributed by atoms with Gasteiger partial charge in [-0.25, -0.2) is 9.78 Å². The number of pyridine rings is 1. The van der Waals surface area contributed by atoms with Crippen LogP contribution < -0.4 is 15.0 Å². The van der Waals surface area contributed by atoms with Crippen LogP contribution in [0.4, 0.5) is 15.6 Å². The van der Waals surface area contributed by atoms with Crippen LogP contribution in [0.3, 0.4) is 0 Å². The number of fused-ring (bicyclic) bond motifs is 1. The van der Waals surface area contributed by atoms with E-state index >= 15 is 0 Å². The van der Waals surface area contributed by atoms with E-state index in [2.05, 4.69) is 16.4 Å². The van der Waals surface area contributed by atoms with E-state index in [9.17, 15) is 14.9 Å². The van der Waals surface area contributed by atoms with Crippen LogP contribution in [0.1, 0.15) is 34.4 Å². The summed E-state index contributed by atoms with van der Waals surface area (Å²) in [5, 5.41) is 13.3. The highest BCUT2D eigenvalue weighted by Crippen LogP contribution is 2.39. The number of aryl methyl sites for hydroxylation is 1. The summed E-state index contributed by atoms with van der Waals surface area (Å²) >= 11 is 1.45. The van der Waals surface area contributed by atoms with Crippen molar-refractivity contribution in [2.45, 2.75) is 32.1 Å². The van der Waals surface area contributed by atoms with Gasteiger partial charge in [0, 0.05) is 24.5 Å². The predicted octanol–water partition coefficient (Wildman–Crippen LogP) is 4.97. The van der Waals surface area contributed by atoms with Gasteiger partial charge in [0.2, 0.25) is 5.91 Å². The maximum Gasteiger partial charge on any atom is 0.415 e. The first-order valence-electron chi connectivity index (χ1n) is 11.8. The van der Waals surface area contributed by atoms with Gasteiger partial charge in [-0.2, -0.15) is 5.26 Å². The highest BCUT2D eigenvalue weighted by molar-refractivity contribution is 7.16. The zero-order valence-corrected chi connectivity index (χ0v) is 21.1. The minimum Gasteiger partial charge on any atom is -0.497 e. The zero-order valence-electron chi connectivity index (χ0n) is 20.3. The molecule has 0 radical (unpaired) electrons. The number of amides is 2. The highest BCUT2D eigenvalue weighted by Gasteiger charge is 2.27. The molecule has 4 rings (SSSR count). The third-order valence-electron chi connectivity index (χ3n) is 6.22. The van der Waals surface area contributed by atoms with Gasteiger partial charge in [0.05, 0.1) is 19.3 Å². The number of nitriles is 1. The fourth-order valence-corrected chi connectivity index (χ4v) is 5.54. The normalized spacial score (nSPS) is 14.3. The number of rotatable bonds is 8. The molecule has 1 atom stereocenters. The van der Waals surface area contributed by atoms with Crippen molar-refractivity contribution in [3.8, 4) is 11.8 Å². The summed E-state index contributed by atoms with van der Waals surface area (Å²) in [5.74, 6) is 1.31. The van der Waals surface area contributed by atoms with Crippen molar-refractivity contribution in [1.82, 2.24) is 4.98 Å². The summed E-state index contributed by atoms with van der Waals surface area (Å²) in [6.45, 7) is 0.289. The average molecular weight is 505 g/mol. The molecule has 1 aliphatic carbocycles. The van der Waals surface area contributed by atoms with Crippen LogP contribution in [-0.2, 0) is 28.8 Å². The standard InChI is InChI=1S/C27H28N4O4S/c1-31(24-8-3-4-13-29-24)27(33)35-17-19-9-11-21-22(16-28)26(36-23(21)15-19)30-25(32)12-10-18-6-5-7-20(14-18)34-2/h3-8,13-14,19H,9-12,15,17H2,1-2H3,(H,30,32). The Hall–Kier alpha value is -3.90. The van der Waals surface area contributed by atoms with E-state index in [1.807, 2.05) is 30.3 Å². The molecule has 0 aliphatic heterocycles. The lowest BCUT2D eigenvalue weighted by Crippen LogP contribution is -2.30. The molecule has 1 aromatic carbocycles. The molecule has 0 fully saturated rings. The second-order valence-corrected chi connectivity index (χ2v) is 9.76. The first-order chi connectivity index (χ1) is 17.5. The number of aromatic nitrogens is 1. The summed E-state index contributed by atoms with van der Waals surface area (Å²) in [7, 11) is 3.24. The molecule has 9 heteroatoms. The molecule has 1 unspecified atom stereocenters. The second-order valence-electron chi connectivity index (χ2n) is 8.65. The lowest BCUT2D eigenvalue weighted by Gasteiger charge is -2.23. The molecule has 8 nitrogen and oxygen atoms in total. The topological polar surface area (TPSA) is 105 Å². The number of nitrogens with one attached hydrogen (secondary N) is 1. The van der Waals surface area contributed by atoms with Crippen molar-refractivity contribution in [3.63, 3.8) is 0 Å². The second kappa shape index (κ2) is 11.7. The van der Waals surface area contributed by atoms with Crippen LogP contribution in [0, 0.1) is 17.2 Å². The van der Waals surface area contributed by atoms with E-state index in [-0.39, 0.29) is 18.4 Å². The molecule has 186 valence electrons. The number of benzene rings is 1. The van der Waals surface area contributed by atoms with E-state index in [0.29, 0.717) is 42.1 Å². The quantitative estimate of drug-likeness (QED) is 0.464. The molecular weight excluding hydrogens is 476 g/mol. The molecule has 2 aromatic heterocycles. The molecule has 36 heavy (non-hydrogen) atoms. The van der Waals surface area contributed by atoms with Gasteiger partial charge in [0.25, 0.3) is 0 Å². The summed E-state index contributed by atoms with van der Waals surface area (Å²) in [4.78, 5) is 31.7. The van der Waals surface area contributed by atoms with Gasteiger partial charge >= 0.3 is 6.09 Å². The molecule has 1 aliphatic rings. The minimum absolute atomic E-state index is 0.129. The number of carbonyl (C=O) groups excluding carboxylic acids is 2. The van der Waals surface area contributed by atoms with Crippen molar-refractivity contribution < 1.29 is 19.1 Å². The van der Waals surface area contributed by atoms with Crippen molar-refractivity contribution in [2.24, 2.45) is 5.92 Å². The van der Waals surface area contributed by atoms with Crippen molar-refractivity contribution >= 4 is 34.2 Å². The summed E-state index contributed by atoms with van der Waals surface area (Å²) in [6, 6.07) is 15.3. The Morgan fingerprint density at radius 3 is 2.89 bits per heavy atom. The van der Waals surface area contributed by atoms with Gasteiger partial charge in [0.1, 0.15) is 22.6 Å². The van der Waals surface area contributed by atoms with Crippen molar-refractivity contribution in [1.29, 1.82) is 5.26 Å². The maximum atomic E-state index is 12.6. The first kappa shape index (κ1) is 25.2. The summed E-state index contributed by atoms with van der Waals surface area (Å²) in [5.41, 5.74) is 2.57. The Balaban J connectivity index is 1.33. The number of methoxy groups -OCH3 is 1. The summed E-state index contributed by atoms with van der Waals surface area (Å²) < 4.78 is 10.8. The molecule has 2 heterocycles. The van der Waals surface area contributed by atoms with Gasteiger partial charge in [0.15, 0.2) is 0 Å². The van der Waals surface area contributed by atoms with Crippen LogP contribution in [0.5, 0.6) is 5.75 Å². The first-order valence-corrected chi connectivity index (χ1v) is 12.6. The smallest absolute Gasteiger partial charge is 0.415 e. The summed E-state index contributed by atoms with van der Waals surface area (Å²) in [6.07, 6.45) is 4.29. The lowest BCUT2D eigenvalue weighted by atomic mass is 9.88. The molecule has 0 bridgehead atoms. The van der Waals surface area contributed by atoms with Gasteiger partial charge in [-0.3, -0.25) is 9.69 Å². The number of thiophene rings is 1. The number of nitrogens with zero attached hydrogens (tertiary/aromatic N) is 3. The Morgan fingerprint density at radius 1 is 1.28 bits per heavy atom. The van der Waals surface area contributed by atoms with E-state index in [4.69, 9.17) is 9.47 Å². The molecule has 0 spiro atoms. The molecular formula is C27H28N4O4S. The van der Waals surface area contributed by atoms with E-state index in [1.165, 1.54) is 16.2 Å². The molecule has 0 saturated carbocycles. The number of carbonyl (C=O) groups is 2. The van der Waals surface area contributed by atoms with Gasteiger partial charge in [-0.15, -0.1) is 11.3 Å². The van der Waals surface area contributed by atoms with Crippen LogP contribution in [0.15, 0.2) is 48.7 Å². The van der Waals surface area contributed by atoms with Crippen molar-refractivity contribution in [2.75, 3.05) is 31.0 Å². The maximum absolute atomic E-state index is 12.6. The number of hydrogen-bond acceptors (Lipinski definition) is 7. The Morgan fingerprint density at radius 2 is 2.14 bits per heavy atom. The molecule has 1 N–H and O–H groups in total. The van der Waals surface area contributed by atoms with E-state index < -0.39 is 6.09 Å². The van der Waals surface area contributed by atoms with Crippen LogP contribution in [0.2, 0.25) is 0 Å². The van der Waals surface area contributed by atoms with Gasteiger partial charge in [-0.05, 0) is 67.0 Å². The third-order valence-corrected chi connectivity index (χ3v) is 7.39. The number of ether oxygens (including phenoxy) is 2. The molecule has 0 saturated heterocycles. The molecule has 3 aromatic rings. The van der Waals surface area contributed by atoms with E-state index in [1.54, 1.807) is 32.5 Å². The largest absolute Gasteiger partial charge is 0.497 e. The lowest BCUT2D eigenvalue weighted by molar-refractivity contribution is -0.116. The zero-order chi connectivity index (χ0) is 25.5. The van der Waals surface area contributed by atoms with Crippen LogP contribution >= 0.6 is 11.3 Å².